The van der Waals surface area contributed by atoms with Crippen molar-refractivity contribution < 1.29 is 24.3 Å². The highest BCUT2D eigenvalue weighted by Gasteiger charge is 2.37. The molecule has 20 heavy (non-hydrogen) atoms. The van der Waals surface area contributed by atoms with Crippen LogP contribution in [0, 0.1) is 5.92 Å². The van der Waals surface area contributed by atoms with Gasteiger partial charge in [-0.1, -0.05) is 32.1 Å². The number of hydrogen-bond acceptors (Lipinski definition) is 5. The fourth-order valence-corrected chi connectivity index (χ4v) is 2.64. The van der Waals surface area contributed by atoms with E-state index >= 15 is 0 Å². The quantitative estimate of drug-likeness (QED) is 0.748. The maximum absolute atomic E-state index is 11.1. The molecule has 2 aliphatic rings. The van der Waals surface area contributed by atoms with Crippen molar-refractivity contribution >= 4 is 5.91 Å². The first kappa shape index (κ1) is 15.7. The zero-order chi connectivity index (χ0) is 14.3. The predicted molar refractivity (Wildman–Crippen MR) is 71.0 cm³/mol. The number of carbonyl (C=O) groups excluding carboxylic acids is 1. The number of amides is 1. The van der Waals surface area contributed by atoms with Crippen LogP contribution in [-0.4, -0.2) is 24.9 Å². The van der Waals surface area contributed by atoms with Crippen LogP contribution >= 0.6 is 0 Å². The van der Waals surface area contributed by atoms with E-state index in [1.807, 2.05) is 0 Å². The molecule has 2 rings (SSSR count). The van der Waals surface area contributed by atoms with E-state index < -0.39 is 17.6 Å². The first-order chi connectivity index (χ1) is 9.72. The summed E-state index contributed by atoms with van der Waals surface area (Å²) in [5.41, 5.74) is 5.23. The van der Waals surface area contributed by atoms with Crippen LogP contribution in [0.15, 0.2) is 0 Å². The van der Waals surface area contributed by atoms with Gasteiger partial charge in [0.1, 0.15) is 0 Å². The predicted octanol–water partition coefficient (Wildman–Crippen LogP) is 2.22. The molecule has 2 fully saturated rings. The van der Waals surface area contributed by atoms with Crippen LogP contribution in [0.4, 0.5) is 0 Å². The van der Waals surface area contributed by atoms with Gasteiger partial charge in [-0.3, -0.25) is 4.79 Å². The molecule has 1 spiro atoms. The fourth-order valence-electron chi connectivity index (χ4n) is 2.64. The highest BCUT2D eigenvalue weighted by atomic mass is 17.3. The lowest BCUT2D eigenvalue weighted by molar-refractivity contribution is -0.529. The van der Waals surface area contributed by atoms with Crippen molar-refractivity contribution in [2.75, 3.05) is 13.2 Å². The van der Waals surface area contributed by atoms with Gasteiger partial charge >= 0.3 is 0 Å². The molecule has 1 saturated carbocycles. The molecule has 0 aromatic heterocycles. The maximum atomic E-state index is 11.1. The molecule has 6 heteroatoms. The topological polar surface area (TPSA) is 80.0 Å². The zero-order valence-electron chi connectivity index (χ0n) is 12.0. The Morgan fingerprint density at radius 3 is 1.75 bits per heavy atom. The van der Waals surface area contributed by atoms with E-state index in [1.165, 1.54) is 32.1 Å². The van der Waals surface area contributed by atoms with Crippen molar-refractivity contribution in [3.63, 3.8) is 0 Å². The van der Waals surface area contributed by atoms with Crippen LogP contribution in [0.25, 0.3) is 0 Å². The van der Waals surface area contributed by atoms with Gasteiger partial charge < -0.3 is 5.73 Å². The number of hydrogen-bond donors (Lipinski definition) is 1. The van der Waals surface area contributed by atoms with Crippen LogP contribution < -0.4 is 5.73 Å². The molecular formula is C14H25NO5. The molecular weight excluding hydrogens is 262 g/mol. The third-order valence-electron chi connectivity index (χ3n) is 3.98. The lowest BCUT2D eigenvalue weighted by Crippen LogP contribution is -2.42. The van der Waals surface area contributed by atoms with Gasteiger partial charge in [0.05, 0.1) is 19.1 Å². The Morgan fingerprint density at radius 1 is 0.850 bits per heavy atom. The minimum Gasteiger partial charge on any atom is -0.369 e. The Hall–Kier alpha value is -0.690. The average molecular weight is 287 g/mol. The summed E-state index contributed by atoms with van der Waals surface area (Å²) >= 11 is 0. The Labute approximate surface area is 119 Å². The molecule has 1 amide bonds. The normalized spacial score (nSPS) is 26.6. The summed E-state index contributed by atoms with van der Waals surface area (Å²) in [5, 5.41) is 0. The molecule has 0 aromatic rings. The number of primary amides is 1. The summed E-state index contributed by atoms with van der Waals surface area (Å²) in [7, 11) is 0. The number of carbonyl (C=O) groups is 1. The lowest BCUT2D eigenvalue weighted by Gasteiger charge is -2.33. The summed E-state index contributed by atoms with van der Waals surface area (Å²) in [6.07, 6.45) is 9.67. The first-order valence-corrected chi connectivity index (χ1v) is 7.62. The van der Waals surface area contributed by atoms with E-state index in [9.17, 15) is 4.79 Å². The zero-order valence-corrected chi connectivity index (χ0v) is 12.0. The summed E-state index contributed by atoms with van der Waals surface area (Å²) in [4.78, 5) is 32.5. The van der Waals surface area contributed by atoms with Crippen LogP contribution in [0.1, 0.15) is 57.8 Å². The SMILES string of the molecule is NC(=O)C1COOC2(CCCCCCCCC2)OOC1. The summed E-state index contributed by atoms with van der Waals surface area (Å²) in [5.74, 6) is -1.84. The van der Waals surface area contributed by atoms with Gasteiger partial charge in [-0.2, -0.15) is 9.78 Å². The lowest BCUT2D eigenvalue weighted by atomic mass is 9.97. The summed E-state index contributed by atoms with van der Waals surface area (Å²) in [6.45, 7) is 0.223. The standard InChI is InChI=1S/C14H25NO5/c15-13(16)12-10-17-19-14(20-18-11-12)8-6-4-2-1-3-5-7-9-14/h12H,1-11H2,(H2,15,16). The minimum absolute atomic E-state index is 0.112. The van der Waals surface area contributed by atoms with Crippen molar-refractivity contribution in [2.24, 2.45) is 11.7 Å². The van der Waals surface area contributed by atoms with Crippen LogP contribution in [0.2, 0.25) is 0 Å². The molecule has 0 aromatic carbocycles. The van der Waals surface area contributed by atoms with Gasteiger partial charge in [-0.05, 0) is 12.8 Å². The largest absolute Gasteiger partial charge is 0.369 e. The molecule has 0 bridgehead atoms. The second kappa shape index (κ2) is 7.93. The Balaban J connectivity index is 1.91. The van der Waals surface area contributed by atoms with Crippen LogP contribution in [0.3, 0.4) is 0 Å². The monoisotopic (exact) mass is 287 g/mol. The van der Waals surface area contributed by atoms with Crippen molar-refractivity contribution in [2.45, 2.75) is 63.6 Å². The van der Waals surface area contributed by atoms with Crippen LogP contribution in [0.5, 0.6) is 0 Å². The number of rotatable bonds is 1. The van der Waals surface area contributed by atoms with Gasteiger partial charge in [-0.15, -0.1) is 0 Å². The molecule has 0 radical (unpaired) electrons. The van der Waals surface area contributed by atoms with Crippen molar-refractivity contribution in [3.05, 3.63) is 0 Å². The van der Waals surface area contributed by atoms with Crippen molar-refractivity contribution in [1.82, 2.24) is 0 Å². The molecule has 1 saturated heterocycles. The molecule has 1 heterocycles. The van der Waals surface area contributed by atoms with Gasteiger partial charge in [0, 0.05) is 12.8 Å². The van der Waals surface area contributed by atoms with E-state index in [-0.39, 0.29) is 13.2 Å². The molecule has 2 N–H and O–H groups in total. The molecule has 0 unspecified atom stereocenters. The first-order valence-electron chi connectivity index (χ1n) is 7.62. The Kier molecular flexibility index (Phi) is 6.22. The maximum Gasteiger partial charge on any atom is 0.233 e. The second-order valence-corrected chi connectivity index (χ2v) is 5.72. The molecule has 6 nitrogen and oxygen atoms in total. The van der Waals surface area contributed by atoms with E-state index in [1.54, 1.807) is 0 Å². The van der Waals surface area contributed by atoms with Gasteiger partial charge in [0.25, 0.3) is 0 Å². The third kappa shape index (κ3) is 4.70. The van der Waals surface area contributed by atoms with Crippen molar-refractivity contribution in [3.8, 4) is 0 Å². The van der Waals surface area contributed by atoms with E-state index in [0.717, 1.165) is 25.7 Å². The molecule has 1 aliphatic carbocycles. The Bertz CT molecular complexity index is 288. The van der Waals surface area contributed by atoms with E-state index in [2.05, 4.69) is 0 Å². The van der Waals surface area contributed by atoms with Gasteiger partial charge in [-0.25, -0.2) is 9.78 Å². The number of nitrogens with two attached hydrogens (primary N) is 1. The van der Waals surface area contributed by atoms with Crippen molar-refractivity contribution in [1.29, 1.82) is 0 Å². The smallest absolute Gasteiger partial charge is 0.233 e. The average Bonchev–Trinajstić information content (AvgIpc) is 2.41. The second-order valence-electron chi connectivity index (χ2n) is 5.72. The Morgan fingerprint density at radius 2 is 1.30 bits per heavy atom. The summed E-state index contributed by atoms with van der Waals surface area (Å²) < 4.78 is 0. The molecule has 0 atom stereocenters. The highest BCUT2D eigenvalue weighted by Crippen LogP contribution is 2.31. The minimum atomic E-state index is -0.833. The molecule has 116 valence electrons. The van der Waals surface area contributed by atoms with E-state index in [4.69, 9.17) is 25.3 Å². The van der Waals surface area contributed by atoms with Crippen LogP contribution in [-0.2, 0) is 24.3 Å². The fraction of sp³-hybridized carbons (Fsp3) is 0.929. The van der Waals surface area contributed by atoms with Gasteiger partial charge in [0.2, 0.25) is 11.7 Å². The third-order valence-corrected chi connectivity index (χ3v) is 3.98. The van der Waals surface area contributed by atoms with Gasteiger partial charge in [0.15, 0.2) is 0 Å². The van der Waals surface area contributed by atoms with E-state index in [0.29, 0.717) is 0 Å². The highest BCUT2D eigenvalue weighted by molar-refractivity contribution is 5.76. The summed E-state index contributed by atoms with van der Waals surface area (Å²) in [6, 6.07) is 0. The molecule has 1 aliphatic heterocycles.